The highest BCUT2D eigenvalue weighted by molar-refractivity contribution is 7.12. The third kappa shape index (κ3) is 3.68. The van der Waals surface area contributed by atoms with Crippen molar-refractivity contribution in [2.24, 2.45) is 0 Å². The molecule has 3 aromatic rings. The zero-order valence-corrected chi connectivity index (χ0v) is 16.5. The van der Waals surface area contributed by atoms with Crippen LogP contribution in [0.4, 0.5) is 0 Å². The summed E-state index contributed by atoms with van der Waals surface area (Å²) in [4.78, 5) is 43.8. The first-order valence-electron chi connectivity index (χ1n) is 8.60. The van der Waals surface area contributed by atoms with Crippen molar-refractivity contribution in [1.29, 1.82) is 0 Å². The fraction of sp³-hybridized carbons (Fsp3) is 0.300. The van der Waals surface area contributed by atoms with Crippen LogP contribution in [0, 0.1) is 20.8 Å². The molecule has 0 radical (unpaired) electrons. The van der Waals surface area contributed by atoms with Crippen molar-refractivity contribution >= 4 is 34.1 Å². The molecule has 27 heavy (non-hydrogen) atoms. The van der Waals surface area contributed by atoms with Gasteiger partial charge < -0.3 is 9.30 Å². The van der Waals surface area contributed by atoms with Gasteiger partial charge in [0.25, 0.3) is 0 Å². The highest BCUT2D eigenvalue weighted by atomic mass is 32.1. The molecule has 6 nitrogen and oxygen atoms in total. The van der Waals surface area contributed by atoms with Crippen LogP contribution < -0.4 is 5.43 Å². The average Bonchev–Trinajstić information content (AvgIpc) is 2.98. The van der Waals surface area contributed by atoms with Crippen LogP contribution >= 0.6 is 11.3 Å². The number of hydrogen-bond donors (Lipinski definition) is 0. The molecule has 0 saturated carbocycles. The number of carbonyl (C=O) groups is 2. The number of rotatable bonds is 5. The number of esters is 1. The van der Waals surface area contributed by atoms with Gasteiger partial charge >= 0.3 is 5.97 Å². The Labute approximate surface area is 160 Å². The summed E-state index contributed by atoms with van der Waals surface area (Å²) in [5.41, 5.74) is 1.32. The topological polar surface area (TPSA) is 78.3 Å². The lowest BCUT2D eigenvalue weighted by Crippen LogP contribution is -2.23. The van der Waals surface area contributed by atoms with Crippen molar-refractivity contribution < 1.29 is 14.3 Å². The maximum atomic E-state index is 12.7. The third-order valence-corrected chi connectivity index (χ3v) is 5.26. The molecule has 0 spiro atoms. The summed E-state index contributed by atoms with van der Waals surface area (Å²) in [6.07, 6.45) is 1.45. The van der Waals surface area contributed by atoms with E-state index in [0.29, 0.717) is 23.1 Å². The number of ketones is 1. The van der Waals surface area contributed by atoms with Crippen LogP contribution in [0.25, 0.3) is 11.0 Å². The number of ether oxygens (including phenoxy) is 1. The van der Waals surface area contributed by atoms with Crippen LogP contribution in [-0.2, 0) is 11.3 Å². The van der Waals surface area contributed by atoms with E-state index in [1.807, 2.05) is 27.7 Å². The van der Waals surface area contributed by atoms with E-state index in [1.54, 1.807) is 22.8 Å². The van der Waals surface area contributed by atoms with Crippen LogP contribution in [0.3, 0.4) is 0 Å². The van der Waals surface area contributed by atoms with Crippen LogP contribution in [0.15, 0.2) is 29.2 Å². The molecule has 0 aliphatic rings. The van der Waals surface area contributed by atoms with E-state index in [-0.39, 0.29) is 11.3 Å². The smallest absolute Gasteiger partial charge is 0.344 e. The fourth-order valence-corrected chi connectivity index (χ4v) is 3.88. The largest absolute Gasteiger partial charge is 0.454 e. The van der Waals surface area contributed by atoms with Crippen LogP contribution in [0.1, 0.15) is 43.1 Å². The molecular formula is C20H20N2O4S. The van der Waals surface area contributed by atoms with Crippen molar-refractivity contribution in [3.63, 3.8) is 0 Å². The molecule has 0 N–H and O–H groups in total. The van der Waals surface area contributed by atoms with Crippen molar-refractivity contribution in [3.05, 3.63) is 61.2 Å². The van der Waals surface area contributed by atoms with Crippen LogP contribution in [0.5, 0.6) is 0 Å². The quantitative estimate of drug-likeness (QED) is 0.497. The normalized spacial score (nSPS) is 11.0. The fourth-order valence-electron chi connectivity index (χ4n) is 2.94. The summed E-state index contributed by atoms with van der Waals surface area (Å²) >= 11 is 1.52. The maximum Gasteiger partial charge on any atom is 0.344 e. The Morgan fingerprint density at radius 3 is 2.56 bits per heavy atom. The van der Waals surface area contributed by atoms with Crippen LogP contribution in [0.2, 0.25) is 0 Å². The van der Waals surface area contributed by atoms with Crippen LogP contribution in [-0.4, -0.2) is 27.9 Å². The lowest BCUT2D eigenvalue weighted by atomic mass is 10.1. The number of thiophene rings is 1. The lowest BCUT2D eigenvalue weighted by molar-refractivity contribution is 0.0473. The number of carbonyl (C=O) groups excluding carboxylic acids is 2. The standard InChI is InChI=1S/C20H20N2O4S/c1-5-22-9-16(18(24)14-7-6-11(2)21-19(14)22)20(25)26-10-17(23)15-8-12(3)27-13(15)4/h6-9H,5,10H2,1-4H3. The summed E-state index contributed by atoms with van der Waals surface area (Å²) in [5.74, 6) is -1.08. The molecule has 0 aliphatic carbocycles. The summed E-state index contributed by atoms with van der Waals surface area (Å²) in [7, 11) is 0. The molecule has 3 rings (SSSR count). The van der Waals surface area contributed by atoms with Crippen molar-refractivity contribution in [2.45, 2.75) is 34.2 Å². The van der Waals surface area contributed by atoms with Gasteiger partial charge in [0.05, 0.1) is 5.39 Å². The van der Waals surface area contributed by atoms with Gasteiger partial charge in [-0.3, -0.25) is 9.59 Å². The molecule has 140 valence electrons. The second-order valence-electron chi connectivity index (χ2n) is 6.31. The molecule has 3 aromatic heterocycles. The molecule has 0 fully saturated rings. The van der Waals surface area contributed by atoms with E-state index < -0.39 is 18.0 Å². The molecule has 3 heterocycles. The molecule has 0 bridgehead atoms. The highest BCUT2D eigenvalue weighted by Crippen LogP contribution is 2.21. The number of hydrogen-bond acceptors (Lipinski definition) is 6. The van der Waals surface area contributed by atoms with Gasteiger partial charge in [-0.05, 0) is 45.9 Å². The Morgan fingerprint density at radius 2 is 1.93 bits per heavy atom. The Balaban J connectivity index is 1.88. The van der Waals surface area contributed by atoms with Gasteiger partial charge in [0.15, 0.2) is 6.61 Å². The Bertz CT molecular complexity index is 1110. The maximum absolute atomic E-state index is 12.7. The molecule has 0 aliphatic heterocycles. The van der Waals surface area contributed by atoms with Gasteiger partial charge in [-0.2, -0.15) is 0 Å². The first kappa shape index (κ1) is 19.0. The molecule has 0 saturated heterocycles. The third-order valence-electron chi connectivity index (χ3n) is 4.30. The van der Waals surface area contributed by atoms with E-state index in [1.165, 1.54) is 17.5 Å². The van der Waals surface area contributed by atoms with E-state index in [9.17, 15) is 14.4 Å². The van der Waals surface area contributed by atoms with Crippen molar-refractivity contribution in [2.75, 3.05) is 6.61 Å². The molecular weight excluding hydrogens is 364 g/mol. The minimum atomic E-state index is -0.803. The monoisotopic (exact) mass is 384 g/mol. The van der Waals surface area contributed by atoms with Gasteiger partial charge in [0.1, 0.15) is 11.2 Å². The van der Waals surface area contributed by atoms with E-state index in [0.717, 1.165) is 15.4 Å². The number of pyridine rings is 2. The summed E-state index contributed by atoms with van der Waals surface area (Å²) in [6, 6.07) is 5.17. The average molecular weight is 384 g/mol. The van der Waals surface area contributed by atoms with E-state index in [2.05, 4.69) is 4.98 Å². The Kier molecular flexibility index (Phi) is 5.23. The predicted octanol–water partition coefficient (Wildman–Crippen LogP) is 3.44. The van der Waals surface area contributed by atoms with Gasteiger partial charge in [-0.25, -0.2) is 9.78 Å². The highest BCUT2D eigenvalue weighted by Gasteiger charge is 2.20. The minimum absolute atomic E-state index is 0.0963. The van der Waals surface area contributed by atoms with Gasteiger partial charge in [0, 0.05) is 33.8 Å². The number of Topliss-reactive ketones (excluding diaryl/α,β-unsaturated/α-hetero) is 1. The summed E-state index contributed by atoms with van der Waals surface area (Å²) in [6.45, 7) is 7.65. The predicted molar refractivity (Wildman–Crippen MR) is 105 cm³/mol. The number of nitrogens with zero attached hydrogens (tertiary/aromatic N) is 2. The first-order valence-corrected chi connectivity index (χ1v) is 9.41. The number of aryl methyl sites for hydroxylation is 4. The molecule has 0 amide bonds. The number of fused-ring (bicyclic) bond motifs is 1. The van der Waals surface area contributed by atoms with Gasteiger partial charge in [-0.15, -0.1) is 11.3 Å². The van der Waals surface area contributed by atoms with Crippen molar-refractivity contribution in [3.8, 4) is 0 Å². The van der Waals surface area contributed by atoms with E-state index in [4.69, 9.17) is 4.74 Å². The SMILES string of the molecule is CCn1cc(C(=O)OCC(=O)c2cc(C)sc2C)c(=O)c2ccc(C)nc21. The Hall–Kier alpha value is -2.80. The zero-order chi connectivity index (χ0) is 19.7. The minimum Gasteiger partial charge on any atom is -0.454 e. The second kappa shape index (κ2) is 7.44. The first-order chi connectivity index (χ1) is 12.8. The summed E-state index contributed by atoms with van der Waals surface area (Å²) < 4.78 is 6.87. The Morgan fingerprint density at radius 1 is 1.19 bits per heavy atom. The molecule has 7 heteroatoms. The second-order valence-corrected chi connectivity index (χ2v) is 7.77. The summed E-state index contributed by atoms with van der Waals surface area (Å²) in [5, 5.41) is 0.354. The molecule has 0 aromatic carbocycles. The lowest BCUT2D eigenvalue weighted by Gasteiger charge is -2.11. The zero-order valence-electron chi connectivity index (χ0n) is 15.7. The molecule has 0 unspecified atom stereocenters. The van der Waals surface area contributed by atoms with Crippen molar-refractivity contribution in [1.82, 2.24) is 9.55 Å². The van der Waals surface area contributed by atoms with Gasteiger partial charge in [0.2, 0.25) is 11.2 Å². The molecule has 0 atom stereocenters. The van der Waals surface area contributed by atoms with E-state index >= 15 is 0 Å². The van der Waals surface area contributed by atoms with Gasteiger partial charge in [-0.1, -0.05) is 0 Å². The number of aromatic nitrogens is 2.